The number of fused-ring (bicyclic) bond motifs is 5. The van der Waals surface area contributed by atoms with E-state index in [1.165, 1.54) is 11.6 Å². The van der Waals surface area contributed by atoms with Crippen LogP contribution in [0, 0.1) is 0 Å². The number of aryl methyl sites for hydroxylation is 1. The minimum Gasteiger partial charge on any atom is -0.497 e. The number of benzene rings is 2. The highest BCUT2D eigenvalue weighted by Crippen LogP contribution is 2.31. The average Bonchev–Trinajstić information content (AvgIpc) is 3.17. The van der Waals surface area contributed by atoms with Gasteiger partial charge >= 0.3 is 5.69 Å². The summed E-state index contributed by atoms with van der Waals surface area (Å²) in [4.78, 5) is 30.1. The summed E-state index contributed by atoms with van der Waals surface area (Å²) >= 11 is 0. The topological polar surface area (TPSA) is 70.5 Å². The van der Waals surface area contributed by atoms with Crippen LogP contribution in [0.1, 0.15) is 0 Å². The molecule has 0 aliphatic heterocycles. The molecule has 0 saturated carbocycles. The van der Waals surface area contributed by atoms with Crippen molar-refractivity contribution in [3.63, 3.8) is 0 Å². The molecule has 0 spiro atoms. The van der Waals surface area contributed by atoms with Crippen LogP contribution >= 0.6 is 0 Å². The summed E-state index contributed by atoms with van der Waals surface area (Å²) in [6.45, 7) is 0. The fourth-order valence-corrected chi connectivity index (χ4v) is 3.85. The van der Waals surface area contributed by atoms with E-state index in [1.54, 1.807) is 14.2 Å². The first-order chi connectivity index (χ1) is 14.0. The smallest absolute Gasteiger partial charge is 0.332 e. The molecule has 7 heteroatoms. The SMILES string of the molecule is COc1ccc(-c2cc3ccccc3c3nc4c(=O)n(C)c(=O)n(C)c4n23)cc1. The van der Waals surface area contributed by atoms with Crippen molar-refractivity contribution in [2.75, 3.05) is 7.11 Å². The molecule has 5 rings (SSSR count). The quantitative estimate of drug-likeness (QED) is 0.468. The summed E-state index contributed by atoms with van der Waals surface area (Å²) in [5.74, 6) is 0.752. The molecule has 5 aromatic rings. The van der Waals surface area contributed by atoms with E-state index in [9.17, 15) is 9.59 Å². The van der Waals surface area contributed by atoms with Crippen LogP contribution in [0.25, 0.3) is 38.8 Å². The van der Waals surface area contributed by atoms with Gasteiger partial charge in [0.1, 0.15) is 11.4 Å². The predicted molar refractivity (Wildman–Crippen MR) is 113 cm³/mol. The fraction of sp³-hybridized carbons (Fsp3) is 0.136. The summed E-state index contributed by atoms with van der Waals surface area (Å²) < 4.78 is 9.72. The van der Waals surface area contributed by atoms with Crippen LogP contribution in [-0.4, -0.2) is 25.6 Å². The minimum absolute atomic E-state index is 0.265. The highest BCUT2D eigenvalue weighted by molar-refractivity contribution is 6.00. The molecule has 0 amide bonds. The van der Waals surface area contributed by atoms with Crippen molar-refractivity contribution in [2.45, 2.75) is 0 Å². The maximum absolute atomic E-state index is 12.8. The lowest BCUT2D eigenvalue weighted by Gasteiger charge is -2.12. The lowest BCUT2D eigenvalue weighted by atomic mass is 10.1. The van der Waals surface area contributed by atoms with Gasteiger partial charge in [0.15, 0.2) is 11.2 Å². The number of pyridine rings is 1. The Labute approximate surface area is 165 Å². The summed E-state index contributed by atoms with van der Waals surface area (Å²) in [5, 5.41) is 1.92. The molecule has 2 aromatic carbocycles. The van der Waals surface area contributed by atoms with E-state index in [4.69, 9.17) is 4.74 Å². The summed E-state index contributed by atoms with van der Waals surface area (Å²) in [6, 6.07) is 17.6. The molecular weight excluding hydrogens is 368 g/mol. The number of methoxy groups -OCH3 is 1. The van der Waals surface area contributed by atoms with E-state index in [2.05, 4.69) is 4.98 Å². The summed E-state index contributed by atoms with van der Waals surface area (Å²) in [6.07, 6.45) is 0. The van der Waals surface area contributed by atoms with Gasteiger partial charge in [-0.05, 0) is 41.3 Å². The number of imidazole rings is 1. The summed E-state index contributed by atoms with van der Waals surface area (Å²) in [5.41, 5.74) is 2.35. The first-order valence-corrected chi connectivity index (χ1v) is 9.15. The molecule has 0 atom stereocenters. The number of hydrogen-bond acceptors (Lipinski definition) is 4. The monoisotopic (exact) mass is 386 g/mol. The second-order valence-corrected chi connectivity index (χ2v) is 6.99. The van der Waals surface area contributed by atoms with Crippen LogP contribution < -0.4 is 16.0 Å². The normalized spacial score (nSPS) is 11.6. The Morgan fingerprint density at radius 2 is 1.66 bits per heavy atom. The molecule has 144 valence electrons. The highest BCUT2D eigenvalue weighted by Gasteiger charge is 2.19. The van der Waals surface area contributed by atoms with Gasteiger partial charge in [-0.25, -0.2) is 9.78 Å². The van der Waals surface area contributed by atoms with Gasteiger partial charge in [0.2, 0.25) is 0 Å². The van der Waals surface area contributed by atoms with Gasteiger partial charge in [-0.1, -0.05) is 24.3 Å². The Balaban J connectivity index is 2.05. The van der Waals surface area contributed by atoms with Gasteiger partial charge in [-0.15, -0.1) is 0 Å². The minimum atomic E-state index is -0.406. The lowest BCUT2D eigenvalue weighted by molar-refractivity contribution is 0.415. The molecule has 29 heavy (non-hydrogen) atoms. The predicted octanol–water partition coefficient (Wildman–Crippen LogP) is 2.71. The standard InChI is InChI=1S/C22H18N4O3/c1-24-20-18(21(27)25(2)22(24)28)23-19-16-7-5-4-6-14(16)12-17(26(19)20)13-8-10-15(29-3)11-9-13/h4-12H,1-3H3. The van der Waals surface area contributed by atoms with Crippen molar-refractivity contribution in [3.05, 3.63) is 75.4 Å². The van der Waals surface area contributed by atoms with Gasteiger partial charge in [-0.2, -0.15) is 0 Å². The Morgan fingerprint density at radius 1 is 0.931 bits per heavy atom. The molecule has 0 unspecified atom stereocenters. The van der Waals surface area contributed by atoms with E-state index < -0.39 is 11.2 Å². The molecule has 7 nitrogen and oxygen atoms in total. The molecule has 0 fully saturated rings. The van der Waals surface area contributed by atoms with Crippen LogP contribution in [0.2, 0.25) is 0 Å². The van der Waals surface area contributed by atoms with Crippen molar-refractivity contribution >= 4 is 27.6 Å². The third kappa shape index (κ3) is 2.34. The molecule has 0 N–H and O–H groups in total. The zero-order valence-electron chi connectivity index (χ0n) is 16.2. The van der Waals surface area contributed by atoms with E-state index >= 15 is 0 Å². The number of aromatic nitrogens is 4. The first kappa shape index (κ1) is 17.2. The third-order valence-corrected chi connectivity index (χ3v) is 5.37. The second kappa shape index (κ2) is 6.07. The molecule has 0 aliphatic carbocycles. The van der Waals surface area contributed by atoms with Crippen molar-refractivity contribution in [3.8, 4) is 17.0 Å². The molecule has 0 aliphatic rings. The Bertz CT molecular complexity index is 1540. The second-order valence-electron chi connectivity index (χ2n) is 6.99. The van der Waals surface area contributed by atoms with Gasteiger partial charge in [0.05, 0.1) is 12.8 Å². The van der Waals surface area contributed by atoms with E-state index in [-0.39, 0.29) is 5.52 Å². The van der Waals surface area contributed by atoms with E-state index in [0.717, 1.165) is 32.3 Å². The van der Waals surface area contributed by atoms with E-state index in [0.29, 0.717) is 11.3 Å². The maximum atomic E-state index is 12.8. The van der Waals surface area contributed by atoms with Crippen molar-refractivity contribution in [1.29, 1.82) is 0 Å². The average molecular weight is 386 g/mol. The number of rotatable bonds is 2. The molecule has 0 bridgehead atoms. The molecule has 3 heterocycles. The maximum Gasteiger partial charge on any atom is 0.332 e. The Kier molecular flexibility index (Phi) is 3.61. The largest absolute Gasteiger partial charge is 0.497 e. The third-order valence-electron chi connectivity index (χ3n) is 5.37. The number of hydrogen-bond donors (Lipinski definition) is 0. The van der Waals surface area contributed by atoms with Crippen molar-refractivity contribution in [1.82, 2.24) is 18.5 Å². The van der Waals surface area contributed by atoms with Crippen molar-refractivity contribution in [2.24, 2.45) is 14.1 Å². The number of ether oxygens (including phenoxy) is 1. The number of nitrogens with zero attached hydrogens (tertiary/aromatic N) is 4. The Morgan fingerprint density at radius 3 is 2.38 bits per heavy atom. The van der Waals surface area contributed by atoms with Gasteiger partial charge in [0, 0.05) is 19.5 Å². The molecule has 0 radical (unpaired) electrons. The van der Waals surface area contributed by atoms with E-state index in [1.807, 2.05) is 59.0 Å². The van der Waals surface area contributed by atoms with Crippen molar-refractivity contribution < 1.29 is 4.74 Å². The molecular formula is C22H18N4O3. The zero-order valence-corrected chi connectivity index (χ0v) is 16.2. The lowest BCUT2D eigenvalue weighted by Crippen LogP contribution is -2.37. The van der Waals surface area contributed by atoms with Crippen LogP contribution in [-0.2, 0) is 14.1 Å². The van der Waals surface area contributed by atoms with Crippen LogP contribution in [0.15, 0.2) is 64.2 Å². The first-order valence-electron chi connectivity index (χ1n) is 9.15. The molecule has 3 aromatic heterocycles. The summed E-state index contributed by atoms with van der Waals surface area (Å²) in [7, 11) is 4.75. The highest BCUT2D eigenvalue weighted by atomic mass is 16.5. The van der Waals surface area contributed by atoms with Gasteiger partial charge < -0.3 is 4.74 Å². The Hall–Kier alpha value is -3.87. The van der Waals surface area contributed by atoms with Gasteiger partial charge in [0.25, 0.3) is 5.56 Å². The van der Waals surface area contributed by atoms with Gasteiger partial charge in [-0.3, -0.25) is 18.3 Å². The molecule has 0 saturated heterocycles. The van der Waals surface area contributed by atoms with Crippen LogP contribution in [0.5, 0.6) is 5.75 Å². The zero-order chi connectivity index (χ0) is 20.3. The van der Waals surface area contributed by atoms with Crippen LogP contribution in [0.4, 0.5) is 0 Å². The fourth-order valence-electron chi connectivity index (χ4n) is 3.85. The van der Waals surface area contributed by atoms with Crippen LogP contribution in [0.3, 0.4) is 0 Å².